The number of carbonyl (C=O) groups is 2. The zero-order valence-electron chi connectivity index (χ0n) is 14.2. The van der Waals surface area contributed by atoms with Crippen LogP contribution in [0.25, 0.3) is 0 Å². The molecule has 1 aromatic rings. The molecule has 136 valence electrons. The van der Waals surface area contributed by atoms with Crippen molar-refractivity contribution in [1.29, 1.82) is 0 Å². The molecule has 0 saturated carbocycles. The average Bonchev–Trinajstić information content (AvgIpc) is 2.59. The van der Waals surface area contributed by atoms with Gasteiger partial charge in [-0.05, 0) is 30.5 Å². The lowest BCUT2D eigenvalue weighted by atomic mass is 10.0. The summed E-state index contributed by atoms with van der Waals surface area (Å²) >= 11 is 0. The lowest BCUT2D eigenvalue weighted by Gasteiger charge is -2.35. The zero-order chi connectivity index (χ0) is 17.6. The van der Waals surface area contributed by atoms with Crippen LogP contribution in [0.4, 0.5) is 4.39 Å². The maximum atomic E-state index is 13.4. The first-order valence-corrected chi connectivity index (χ1v) is 8.75. The molecule has 0 radical (unpaired) electrons. The molecule has 2 saturated heterocycles. The van der Waals surface area contributed by atoms with Crippen LogP contribution in [0.1, 0.15) is 24.8 Å². The number of benzene rings is 1. The van der Waals surface area contributed by atoms with Crippen LogP contribution in [0, 0.1) is 5.82 Å². The first-order valence-electron chi connectivity index (χ1n) is 8.75. The second kappa shape index (κ2) is 8.40. The Bertz CT molecular complexity index is 619. The number of ether oxygens (including phenoxy) is 1. The molecule has 0 aliphatic carbocycles. The third kappa shape index (κ3) is 4.99. The number of rotatable bonds is 5. The predicted molar refractivity (Wildman–Crippen MR) is 90.2 cm³/mol. The smallest absolute Gasteiger partial charge is 0.237 e. The van der Waals surface area contributed by atoms with E-state index in [1.165, 1.54) is 12.1 Å². The minimum atomic E-state index is -0.531. The fourth-order valence-electron chi connectivity index (χ4n) is 3.35. The van der Waals surface area contributed by atoms with E-state index in [0.717, 1.165) is 18.4 Å². The Labute approximate surface area is 146 Å². The Morgan fingerprint density at radius 2 is 2.16 bits per heavy atom. The molecule has 25 heavy (non-hydrogen) atoms. The minimum Gasteiger partial charge on any atom is -0.381 e. The van der Waals surface area contributed by atoms with Gasteiger partial charge in [0.05, 0.1) is 12.5 Å². The summed E-state index contributed by atoms with van der Waals surface area (Å²) in [6.45, 7) is 2.92. The van der Waals surface area contributed by atoms with Crippen LogP contribution in [0.3, 0.4) is 0 Å². The summed E-state index contributed by atoms with van der Waals surface area (Å²) in [4.78, 5) is 26.6. The van der Waals surface area contributed by atoms with Crippen LogP contribution in [0.5, 0.6) is 0 Å². The SMILES string of the molecule is O=C(C[C@H]1C(=O)NCCN1Cc1cccc(F)c1)NC1CCOCC1. The van der Waals surface area contributed by atoms with E-state index in [0.29, 0.717) is 32.8 Å². The summed E-state index contributed by atoms with van der Waals surface area (Å²) in [7, 11) is 0. The molecule has 7 heteroatoms. The van der Waals surface area contributed by atoms with Gasteiger partial charge in [0.15, 0.2) is 0 Å². The van der Waals surface area contributed by atoms with Crippen LogP contribution in [-0.4, -0.2) is 55.1 Å². The molecule has 2 N–H and O–H groups in total. The Balaban J connectivity index is 1.61. The highest BCUT2D eigenvalue weighted by atomic mass is 19.1. The zero-order valence-corrected chi connectivity index (χ0v) is 14.2. The summed E-state index contributed by atoms with van der Waals surface area (Å²) in [5, 5.41) is 5.81. The lowest BCUT2D eigenvalue weighted by molar-refractivity contribution is -0.134. The summed E-state index contributed by atoms with van der Waals surface area (Å²) < 4.78 is 18.7. The number of hydrogen-bond donors (Lipinski definition) is 2. The van der Waals surface area contributed by atoms with Crippen molar-refractivity contribution in [3.63, 3.8) is 0 Å². The lowest BCUT2D eigenvalue weighted by Crippen LogP contribution is -2.56. The van der Waals surface area contributed by atoms with Crippen molar-refractivity contribution in [3.8, 4) is 0 Å². The van der Waals surface area contributed by atoms with Gasteiger partial charge in [-0.1, -0.05) is 12.1 Å². The largest absolute Gasteiger partial charge is 0.381 e. The Morgan fingerprint density at radius 1 is 1.36 bits per heavy atom. The van der Waals surface area contributed by atoms with Crippen molar-refractivity contribution in [1.82, 2.24) is 15.5 Å². The van der Waals surface area contributed by atoms with Crippen molar-refractivity contribution < 1.29 is 18.7 Å². The Morgan fingerprint density at radius 3 is 2.92 bits per heavy atom. The number of hydrogen-bond acceptors (Lipinski definition) is 4. The van der Waals surface area contributed by atoms with Gasteiger partial charge in [-0.2, -0.15) is 0 Å². The molecule has 2 amide bonds. The first-order chi connectivity index (χ1) is 12.1. The highest BCUT2D eigenvalue weighted by Gasteiger charge is 2.32. The van der Waals surface area contributed by atoms with E-state index < -0.39 is 6.04 Å². The van der Waals surface area contributed by atoms with E-state index in [4.69, 9.17) is 4.74 Å². The quantitative estimate of drug-likeness (QED) is 0.825. The first kappa shape index (κ1) is 17.8. The van der Waals surface area contributed by atoms with Crippen LogP contribution in [-0.2, 0) is 20.9 Å². The van der Waals surface area contributed by atoms with Crippen LogP contribution in [0.2, 0.25) is 0 Å². The van der Waals surface area contributed by atoms with Gasteiger partial charge in [-0.25, -0.2) is 4.39 Å². The maximum Gasteiger partial charge on any atom is 0.237 e. The van der Waals surface area contributed by atoms with Crippen molar-refractivity contribution in [2.24, 2.45) is 0 Å². The Hall–Kier alpha value is -1.99. The number of amides is 2. The molecule has 2 fully saturated rings. The molecule has 0 bridgehead atoms. The Kier molecular flexibility index (Phi) is 5.99. The van der Waals surface area contributed by atoms with Crippen LogP contribution >= 0.6 is 0 Å². The van der Waals surface area contributed by atoms with Crippen molar-refractivity contribution in [3.05, 3.63) is 35.6 Å². The van der Waals surface area contributed by atoms with E-state index in [1.54, 1.807) is 6.07 Å². The van der Waals surface area contributed by atoms with Gasteiger partial charge in [0.1, 0.15) is 5.82 Å². The molecule has 0 aromatic heterocycles. The van der Waals surface area contributed by atoms with Crippen molar-refractivity contribution >= 4 is 11.8 Å². The van der Waals surface area contributed by atoms with E-state index in [2.05, 4.69) is 10.6 Å². The monoisotopic (exact) mass is 349 g/mol. The van der Waals surface area contributed by atoms with Crippen LogP contribution < -0.4 is 10.6 Å². The van der Waals surface area contributed by atoms with Crippen molar-refractivity contribution in [2.45, 2.75) is 37.9 Å². The van der Waals surface area contributed by atoms with Gasteiger partial charge in [0.2, 0.25) is 11.8 Å². The van der Waals surface area contributed by atoms with Gasteiger partial charge in [0.25, 0.3) is 0 Å². The minimum absolute atomic E-state index is 0.110. The van der Waals surface area contributed by atoms with Gasteiger partial charge in [0, 0.05) is 38.9 Å². The van der Waals surface area contributed by atoms with Gasteiger partial charge in [-0.3, -0.25) is 14.5 Å². The standard InChI is InChI=1S/C18H24FN3O3/c19-14-3-1-2-13(10-14)12-22-7-6-20-18(24)16(22)11-17(23)21-15-4-8-25-9-5-15/h1-3,10,15-16H,4-9,11-12H2,(H,20,24)(H,21,23)/t16-/m0/s1. The fraction of sp³-hybridized carbons (Fsp3) is 0.556. The van der Waals surface area contributed by atoms with Gasteiger partial charge in [-0.15, -0.1) is 0 Å². The number of nitrogens with zero attached hydrogens (tertiary/aromatic N) is 1. The topological polar surface area (TPSA) is 70.7 Å². The number of piperazine rings is 1. The van der Waals surface area contributed by atoms with Crippen molar-refractivity contribution in [2.75, 3.05) is 26.3 Å². The molecule has 2 aliphatic heterocycles. The van der Waals surface area contributed by atoms with Crippen LogP contribution in [0.15, 0.2) is 24.3 Å². The number of nitrogens with one attached hydrogen (secondary N) is 2. The molecule has 0 unspecified atom stereocenters. The summed E-state index contributed by atoms with van der Waals surface area (Å²) in [5.41, 5.74) is 0.796. The molecule has 0 spiro atoms. The average molecular weight is 349 g/mol. The maximum absolute atomic E-state index is 13.4. The van der Waals surface area contributed by atoms with E-state index >= 15 is 0 Å². The molecule has 2 aliphatic rings. The third-order valence-electron chi connectivity index (χ3n) is 4.68. The van der Waals surface area contributed by atoms with Gasteiger partial charge < -0.3 is 15.4 Å². The number of halogens is 1. The molecule has 2 heterocycles. The third-order valence-corrected chi connectivity index (χ3v) is 4.68. The molecular formula is C18H24FN3O3. The summed E-state index contributed by atoms with van der Waals surface area (Å²) in [5.74, 6) is -0.573. The van der Waals surface area contributed by atoms with E-state index in [9.17, 15) is 14.0 Å². The second-order valence-electron chi connectivity index (χ2n) is 6.57. The second-order valence-corrected chi connectivity index (χ2v) is 6.57. The fourth-order valence-corrected chi connectivity index (χ4v) is 3.35. The van der Waals surface area contributed by atoms with E-state index in [-0.39, 0.29) is 30.1 Å². The summed E-state index contributed by atoms with van der Waals surface area (Å²) in [6, 6.07) is 5.93. The number of carbonyl (C=O) groups excluding carboxylic acids is 2. The molecule has 1 aromatic carbocycles. The molecule has 1 atom stereocenters. The highest BCUT2D eigenvalue weighted by Crippen LogP contribution is 2.15. The molecular weight excluding hydrogens is 325 g/mol. The van der Waals surface area contributed by atoms with E-state index in [1.807, 2.05) is 11.0 Å². The van der Waals surface area contributed by atoms with Gasteiger partial charge >= 0.3 is 0 Å². The highest BCUT2D eigenvalue weighted by molar-refractivity contribution is 5.88. The molecule has 3 rings (SSSR count). The molecule has 6 nitrogen and oxygen atoms in total. The normalized spacial score (nSPS) is 22.4. The predicted octanol–water partition coefficient (Wildman–Crippen LogP) is 0.811. The summed E-state index contributed by atoms with van der Waals surface area (Å²) in [6.07, 6.45) is 1.71.